The topological polar surface area (TPSA) is 69.3 Å². The number of carbonyl (C=O) groups is 1. The van der Waals surface area contributed by atoms with Crippen LogP contribution in [0.4, 0.5) is 5.69 Å². The number of furan rings is 1. The lowest BCUT2D eigenvalue weighted by Crippen LogP contribution is -2.12. The molecule has 0 saturated heterocycles. The number of benzene rings is 2. The Morgan fingerprint density at radius 1 is 1.03 bits per heavy atom. The van der Waals surface area contributed by atoms with Gasteiger partial charge in [-0.3, -0.25) is 9.48 Å². The standard InChI is InChI=1S/C28H31N3O3/c1-5-8-22-11-13-24(14-12-22)33-18-25-15-16-26(34-25)28(32)29-27-20(3)30-31(21(27)4)17-23-10-7-6-9-19(23)2/h6-7,9-16H,5,8,17-18H2,1-4H3,(H,29,32). The van der Waals surface area contributed by atoms with Crippen LogP contribution in [-0.4, -0.2) is 15.7 Å². The maximum Gasteiger partial charge on any atom is 0.291 e. The number of amides is 1. The van der Waals surface area contributed by atoms with Crippen LogP contribution in [0.25, 0.3) is 0 Å². The molecular weight excluding hydrogens is 426 g/mol. The third-order valence-electron chi connectivity index (χ3n) is 5.93. The molecule has 4 aromatic rings. The molecule has 0 atom stereocenters. The largest absolute Gasteiger partial charge is 0.486 e. The zero-order valence-corrected chi connectivity index (χ0v) is 20.2. The summed E-state index contributed by atoms with van der Waals surface area (Å²) >= 11 is 0. The number of ether oxygens (including phenoxy) is 1. The zero-order chi connectivity index (χ0) is 24.1. The summed E-state index contributed by atoms with van der Waals surface area (Å²) in [5.41, 5.74) is 6.07. The molecule has 34 heavy (non-hydrogen) atoms. The van der Waals surface area contributed by atoms with Crippen LogP contribution < -0.4 is 10.1 Å². The first-order valence-corrected chi connectivity index (χ1v) is 11.6. The van der Waals surface area contributed by atoms with Crippen LogP contribution in [0.5, 0.6) is 5.75 Å². The van der Waals surface area contributed by atoms with Gasteiger partial charge >= 0.3 is 0 Å². The summed E-state index contributed by atoms with van der Waals surface area (Å²) in [6.45, 7) is 9.01. The minimum absolute atomic E-state index is 0.238. The highest BCUT2D eigenvalue weighted by Gasteiger charge is 2.18. The van der Waals surface area contributed by atoms with Crippen LogP contribution >= 0.6 is 0 Å². The molecule has 0 fully saturated rings. The van der Waals surface area contributed by atoms with Crippen LogP contribution in [-0.2, 0) is 19.6 Å². The van der Waals surface area contributed by atoms with Crippen molar-refractivity contribution in [3.63, 3.8) is 0 Å². The maximum absolute atomic E-state index is 12.8. The summed E-state index contributed by atoms with van der Waals surface area (Å²) in [6, 6.07) is 19.7. The van der Waals surface area contributed by atoms with Gasteiger partial charge in [0.2, 0.25) is 0 Å². The van der Waals surface area contributed by atoms with E-state index >= 15 is 0 Å². The van der Waals surface area contributed by atoms with Crippen molar-refractivity contribution in [3.8, 4) is 5.75 Å². The number of hydrogen-bond donors (Lipinski definition) is 1. The predicted octanol–water partition coefficient (Wildman–Crippen LogP) is 6.23. The SMILES string of the molecule is CCCc1ccc(OCc2ccc(C(=O)Nc3c(C)nn(Cc4ccccc4C)c3C)o2)cc1. The van der Waals surface area contributed by atoms with Crippen LogP contribution in [0, 0.1) is 20.8 Å². The van der Waals surface area contributed by atoms with Gasteiger partial charge in [-0.2, -0.15) is 5.10 Å². The summed E-state index contributed by atoms with van der Waals surface area (Å²) in [6.07, 6.45) is 2.17. The molecular formula is C28H31N3O3. The molecule has 4 rings (SSSR count). The van der Waals surface area contributed by atoms with Gasteiger partial charge in [0.25, 0.3) is 5.91 Å². The third-order valence-corrected chi connectivity index (χ3v) is 5.93. The highest BCUT2D eigenvalue weighted by molar-refractivity contribution is 6.02. The van der Waals surface area contributed by atoms with Crippen LogP contribution in [0.1, 0.15) is 57.7 Å². The molecule has 0 aliphatic carbocycles. The third kappa shape index (κ3) is 5.39. The number of aromatic nitrogens is 2. The second-order valence-corrected chi connectivity index (χ2v) is 8.53. The van der Waals surface area contributed by atoms with Crippen molar-refractivity contribution >= 4 is 11.6 Å². The second-order valence-electron chi connectivity index (χ2n) is 8.53. The molecule has 0 radical (unpaired) electrons. The monoisotopic (exact) mass is 457 g/mol. The van der Waals surface area contributed by atoms with Crippen molar-refractivity contribution in [1.82, 2.24) is 9.78 Å². The molecule has 1 N–H and O–H groups in total. The van der Waals surface area contributed by atoms with Crippen LogP contribution in [0.3, 0.4) is 0 Å². The minimum Gasteiger partial charge on any atom is -0.486 e. The zero-order valence-electron chi connectivity index (χ0n) is 20.2. The summed E-state index contributed by atoms with van der Waals surface area (Å²) in [5, 5.41) is 7.59. The minimum atomic E-state index is -0.309. The summed E-state index contributed by atoms with van der Waals surface area (Å²) in [7, 11) is 0. The molecule has 1 amide bonds. The van der Waals surface area contributed by atoms with Gasteiger partial charge in [0.05, 0.1) is 23.6 Å². The highest BCUT2D eigenvalue weighted by atomic mass is 16.5. The molecule has 2 heterocycles. The number of carbonyl (C=O) groups excluding carboxylic acids is 1. The normalized spacial score (nSPS) is 10.9. The Morgan fingerprint density at radius 3 is 2.53 bits per heavy atom. The summed E-state index contributed by atoms with van der Waals surface area (Å²) in [5.74, 6) is 1.29. The van der Waals surface area contributed by atoms with E-state index in [2.05, 4.69) is 48.5 Å². The van der Waals surface area contributed by atoms with Crippen LogP contribution in [0.2, 0.25) is 0 Å². The second kappa shape index (κ2) is 10.4. The molecule has 6 nitrogen and oxygen atoms in total. The van der Waals surface area contributed by atoms with Gasteiger partial charge in [-0.05, 0) is 68.1 Å². The van der Waals surface area contributed by atoms with Gasteiger partial charge in [-0.15, -0.1) is 0 Å². The van der Waals surface area contributed by atoms with E-state index in [9.17, 15) is 4.79 Å². The van der Waals surface area contributed by atoms with Gasteiger partial charge in [0.1, 0.15) is 18.1 Å². The molecule has 0 unspecified atom stereocenters. The van der Waals surface area contributed by atoms with E-state index in [0.717, 1.165) is 30.0 Å². The van der Waals surface area contributed by atoms with E-state index in [0.29, 0.717) is 18.0 Å². The van der Waals surface area contributed by atoms with Gasteiger partial charge in [-0.25, -0.2) is 0 Å². The Kier molecular flexibility index (Phi) is 7.16. The fraction of sp³-hybridized carbons (Fsp3) is 0.286. The number of hydrogen-bond acceptors (Lipinski definition) is 4. The predicted molar refractivity (Wildman–Crippen MR) is 133 cm³/mol. The smallest absolute Gasteiger partial charge is 0.291 e. The molecule has 0 bridgehead atoms. The van der Waals surface area contributed by atoms with Crippen molar-refractivity contribution in [2.75, 3.05) is 5.32 Å². The van der Waals surface area contributed by atoms with E-state index in [1.54, 1.807) is 12.1 Å². The van der Waals surface area contributed by atoms with Crippen molar-refractivity contribution in [2.24, 2.45) is 0 Å². The highest BCUT2D eigenvalue weighted by Crippen LogP contribution is 2.23. The number of nitrogens with zero attached hydrogens (tertiary/aromatic N) is 2. The molecule has 2 aromatic heterocycles. The Balaban J connectivity index is 1.39. The molecule has 176 valence electrons. The maximum atomic E-state index is 12.8. The molecule has 0 aliphatic heterocycles. The average molecular weight is 458 g/mol. The Labute approximate surface area is 200 Å². The summed E-state index contributed by atoms with van der Waals surface area (Å²) in [4.78, 5) is 12.8. The number of rotatable bonds is 9. The van der Waals surface area contributed by atoms with Gasteiger partial charge < -0.3 is 14.5 Å². The number of nitrogens with one attached hydrogen (secondary N) is 1. The quantitative estimate of drug-likeness (QED) is 0.323. The Bertz CT molecular complexity index is 1270. The first kappa shape index (κ1) is 23.4. The van der Waals surface area contributed by atoms with E-state index in [1.165, 1.54) is 16.7 Å². The van der Waals surface area contributed by atoms with Gasteiger partial charge in [0.15, 0.2) is 5.76 Å². The lowest BCUT2D eigenvalue weighted by Gasteiger charge is -2.08. The first-order chi connectivity index (χ1) is 16.4. The lowest BCUT2D eigenvalue weighted by atomic mass is 10.1. The fourth-order valence-electron chi connectivity index (χ4n) is 3.93. The summed E-state index contributed by atoms with van der Waals surface area (Å²) < 4.78 is 13.5. The Hall–Kier alpha value is -3.80. The molecule has 6 heteroatoms. The first-order valence-electron chi connectivity index (χ1n) is 11.6. The van der Waals surface area contributed by atoms with E-state index < -0.39 is 0 Å². The number of aryl methyl sites for hydroxylation is 3. The molecule has 0 saturated carbocycles. The average Bonchev–Trinajstić information content (AvgIpc) is 3.41. The van der Waals surface area contributed by atoms with Gasteiger partial charge in [-0.1, -0.05) is 49.7 Å². The fourth-order valence-corrected chi connectivity index (χ4v) is 3.93. The van der Waals surface area contributed by atoms with Gasteiger partial charge in [0, 0.05) is 0 Å². The molecule has 2 aromatic carbocycles. The van der Waals surface area contributed by atoms with Crippen molar-refractivity contribution in [2.45, 2.75) is 53.7 Å². The van der Waals surface area contributed by atoms with Crippen molar-refractivity contribution < 1.29 is 13.9 Å². The Morgan fingerprint density at radius 2 is 1.79 bits per heavy atom. The molecule has 0 spiro atoms. The van der Waals surface area contributed by atoms with Crippen molar-refractivity contribution in [3.05, 3.63) is 100 Å². The molecule has 0 aliphatic rings. The van der Waals surface area contributed by atoms with Crippen LogP contribution in [0.15, 0.2) is 65.1 Å². The van der Waals surface area contributed by atoms with E-state index in [1.807, 2.05) is 42.8 Å². The van der Waals surface area contributed by atoms with E-state index in [-0.39, 0.29) is 18.3 Å². The lowest BCUT2D eigenvalue weighted by molar-refractivity contribution is 0.0992. The van der Waals surface area contributed by atoms with E-state index in [4.69, 9.17) is 9.15 Å². The number of anilines is 1. The van der Waals surface area contributed by atoms with Crippen molar-refractivity contribution in [1.29, 1.82) is 0 Å².